The zero-order valence-electron chi connectivity index (χ0n) is 12.8. The number of rotatable bonds is 2. The van der Waals surface area contributed by atoms with Gasteiger partial charge in [-0.15, -0.1) is 0 Å². The number of nitrogens with zero attached hydrogens (tertiary/aromatic N) is 2. The van der Waals surface area contributed by atoms with E-state index in [0.717, 1.165) is 16.7 Å². The van der Waals surface area contributed by atoms with Crippen molar-refractivity contribution in [3.8, 4) is 5.75 Å². The van der Waals surface area contributed by atoms with Crippen molar-refractivity contribution in [2.45, 2.75) is 6.92 Å². The normalized spacial score (nSPS) is 15.2. The van der Waals surface area contributed by atoms with Crippen molar-refractivity contribution in [2.75, 3.05) is 33.3 Å². The highest BCUT2D eigenvalue weighted by molar-refractivity contribution is 5.99. The maximum atomic E-state index is 12.6. The molecule has 0 radical (unpaired) electrons. The summed E-state index contributed by atoms with van der Waals surface area (Å²) in [5, 5.41) is 0.899. The standard InChI is InChI=1S/C16H19N3O3/c1-11(20)18-6-8-19(9-7-18)16(21)14-10-12-13(17-14)4-3-5-15(12)22-2/h3-5,10,17H,6-9H2,1-2H3. The lowest BCUT2D eigenvalue weighted by atomic mass is 10.2. The summed E-state index contributed by atoms with van der Waals surface area (Å²) in [6.45, 7) is 3.85. The molecule has 2 aromatic rings. The van der Waals surface area contributed by atoms with E-state index in [1.807, 2.05) is 24.3 Å². The van der Waals surface area contributed by atoms with Crippen LogP contribution >= 0.6 is 0 Å². The predicted molar refractivity (Wildman–Crippen MR) is 83.0 cm³/mol. The fourth-order valence-corrected chi connectivity index (χ4v) is 2.82. The van der Waals surface area contributed by atoms with Gasteiger partial charge in [-0.05, 0) is 18.2 Å². The molecule has 2 heterocycles. The first-order valence-electron chi connectivity index (χ1n) is 7.30. The van der Waals surface area contributed by atoms with E-state index in [9.17, 15) is 9.59 Å². The van der Waals surface area contributed by atoms with E-state index >= 15 is 0 Å². The van der Waals surface area contributed by atoms with Crippen LogP contribution in [0.1, 0.15) is 17.4 Å². The van der Waals surface area contributed by atoms with Crippen molar-refractivity contribution >= 4 is 22.7 Å². The van der Waals surface area contributed by atoms with Gasteiger partial charge in [-0.3, -0.25) is 9.59 Å². The number of hydrogen-bond donors (Lipinski definition) is 1. The molecule has 0 unspecified atom stereocenters. The Morgan fingerprint density at radius 2 is 1.82 bits per heavy atom. The summed E-state index contributed by atoms with van der Waals surface area (Å²) >= 11 is 0. The second kappa shape index (κ2) is 5.71. The lowest BCUT2D eigenvalue weighted by Crippen LogP contribution is -2.50. The zero-order valence-corrected chi connectivity index (χ0v) is 12.8. The number of nitrogens with one attached hydrogen (secondary N) is 1. The number of benzene rings is 1. The van der Waals surface area contributed by atoms with Crippen molar-refractivity contribution in [1.82, 2.24) is 14.8 Å². The minimum absolute atomic E-state index is 0.0403. The highest BCUT2D eigenvalue weighted by Crippen LogP contribution is 2.26. The van der Waals surface area contributed by atoms with Crippen LogP contribution in [0.3, 0.4) is 0 Å². The van der Waals surface area contributed by atoms with Gasteiger partial charge in [0.05, 0.1) is 7.11 Å². The van der Waals surface area contributed by atoms with Gasteiger partial charge in [-0.25, -0.2) is 0 Å². The first kappa shape index (κ1) is 14.4. The Hall–Kier alpha value is -2.50. The Morgan fingerprint density at radius 3 is 2.45 bits per heavy atom. The van der Waals surface area contributed by atoms with Crippen molar-refractivity contribution in [1.29, 1.82) is 0 Å². The third-order valence-corrected chi connectivity index (χ3v) is 4.09. The molecule has 3 rings (SSSR count). The number of ether oxygens (including phenoxy) is 1. The number of amides is 2. The Bertz CT molecular complexity index is 714. The summed E-state index contributed by atoms with van der Waals surface area (Å²) in [6.07, 6.45) is 0. The third kappa shape index (κ3) is 2.52. The first-order chi connectivity index (χ1) is 10.6. The average molecular weight is 301 g/mol. The highest BCUT2D eigenvalue weighted by atomic mass is 16.5. The van der Waals surface area contributed by atoms with Crippen LogP contribution in [-0.4, -0.2) is 59.9 Å². The van der Waals surface area contributed by atoms with E-state index in [-0.39, 0.29) is 11.8 Å². The number of fused-ring (bicyclic) bond motifs is 1. The second-order valence-electron chi connectivity index (χ2n) is 5.40. The summed E-state index contributed by atoms with van der Waals surface area (Å²) in [7, 11) is 1.62. The Labute approximate surface area is 128 Å². The van der Waals surface area contributed by atoms with Gasteiger partial charge in [0.1, 0.15) is 11.4 Å². The molecule has 2 amide bonds. The number of hydrogen-bond acceptors (Lipinski definition) is 3. The molecule has 0 atom stereocenters. The maximum absolute atomic E-state index is 12.6. The topological polar surface area (TPSA) is 65.6 Å². The highest BCUT2D eigenvalue weighted by Gasteiger charge is 2.24. The molecule has 1 aromatic heterocycles. The van der Waals surface area contributed by atoms with Gasteiger partial charge < -0.3 is 19.5 Å². The van der Waals surface area contributed by atoms with E-state index < -0.39 is 0 Å². The summed E-state index contributed by atoms with van der Waals surface area (Å²) < 4.78 is 5.32. The Balaban J connectivity index is 1.80. The maximum Gasteiger partial charge on any atom is 0.270 e. The minimum Gasteiger partial charge on any atom is -0.496 e. The zero-order chi connectivity index (χ0) is 15.7. The summed E-state index contributed by atoms with van der Waals surface area (Å²) in [5.74, 6) is 0.762. The number of methoxy groups -OCH3 is 1. The molecule has 1 aromatic carbocycles. The molecule has 0 aliphatic carbocycles. The number of H-pyrrole nitrogens is 1. The van der Waals surface area contributed by atoms with Crippen molar-refractivity contribution in [2.24, 2.45) is 0 Å². The SMILES string of the molecule is COc1cccc2[nH]c(C(=O)N3CCN(C(C)=O)CC3)cc12. The van der Waals surface area contributed by atoms with Gasteiger partial charge in [0.2, 0.25) is 5.91 Å². The molecule has 0 spiro atoms. The van der Waals surface area contributed by atoms with Crippen LogP contribution < -0.4 is 4.74 Å². The van der Waals surface area contributed by atoms with Gasteiger partial charge in [0.25, 0.3) is 5.91 Å². The summed E-state index contributed by atoms with van der Waals surface area (Å²) in [4.78, 5) is 30.6. The molecule has 0 bridgehead atoms. The smallest absolute Gasteiger partial charge is 0.270 e. The largest absolute Gasteiger partial charge is 0.496 e. The van der Waals surface area contributed by atoms with Crippen LogP contribution in [0.15, 0.2) is 24.3 Å². The van der Waals surface area contributed by atoms with Crippen molar-refractivity contribution in [3.63, 3.8) is 0 Å². The van der Waals surface area contributed by atoms with Crippen LogP contribution in [-0.2, 0) is 4.79 Å². The Kier molecular flexibility index (Phi) is 3.75. The molecule has 1 fully saturated rings. The fraction of sp³-hybridized carbons (Fsp3) is 0.375. The average Bonchev–Trinajstić information content (AvgIpc) is 2.98. The van der Waals surface area contributed by atoms with E-state index in [4.69, 9.17) is 4.74 Å². The minimum atomic E-state index is -0.0403. The number of carbonyl (C=O) groups is 2. The number of aromatic amines is 1. The van der Waals surface area contributed by atoms with Crippen LogP contribution in [0.25, 0.3) is 10.9 Å². The molecule has 1 saturated heterocycles. The van der Waals surface area contributed by atoms with Gasteiger partial charge >= 0.3 is 0 Å². The molecule has 0 saturated carbocycles. The van der Waals surface area contributed by atoms with E-state index in [1.165, 1.54) is 0 Å². The monoisotopic (exact) mass is 301 g/mol. The molecule has 6 nitrogen and oxygen atoms in total. The van der Waals surface area contributed by atoms with Gasteiger partial charge in [0, 0.05) is 44.0 Å². The van der Waals surface area contributed by atoms with E-state index in [1.54, 1.807) is 23.8 Å². The van der Waals surface area contributed by atoms with Crippen LogP contribution in [0, 0.1) is 0 Å². The third-order valence-electron chi connectivity index (χ3n) is 4.09. The Morgan fingerprint density at radius 1 is 1.14 bits per heavy atom. The van der Waals surface area contributed by atoms with Gasteiger partial charge in [-0.2, -0.15) is 0 Å². The predicted octanol–water partition coefficient (Wildman–Crippen LogP) is 1.48. The van der Waals surface area contributed by atoms with E-state index in [2.05, 4.69) is 4.98 Å². The molecule has 116 valence electrons. The number of carbonyl (C=O) groups excluding carboxylic acids is 2. The van der Waals surface area contributed by atoms with Crippen LogP contribution in [0.5, 0.6) is 5.75 Å². The van der Waals surface area contributed by atoms with Crippen LogP contribution in [0.4, 0.5) is 0 Å². The van der Waals surface area contributed by atoms with Gasteiger partial charge in [0.15, 0.2) is 0 Å². The molecular weight excluding hydrogens is 282 g/mol. The number of aromatic nitrogens is 1. The molecule has 1 aliphatic rings. The first-order valence-corrected chi connectivity index (χ1v) is 7.30. The second-order valence-corrected chi connectivity index (χ2v) is 5.40. The van der Waals surface area contributed by atoms with Crippen molar-refractivity contribution in [3.05, 3.63) is 30.0 Å². The number of piperazine rings is 1. The lowest BCUT2D eigenvalue weighted by molar-refractivity contribution is -0.130. The fourth-order valence-electron chi connectivity index (χ4n) is 2.82. The summed E-state index contributed by atoms with van der Waals surface area (Å²) in [6, 6.07) is 7.50. The molecule has 1 N–H and O–H groups in total. The molecule has 22 heavy (non-hydrogen) atoms. The summed E-state index contributed by atoms with van der Waals surface area (Å²) in [5.41, 5.74) is 1.43. The molecule has 1 aliphatic heterocycles. The van der Waals surface area contributed by atoms with Gasteiger partial charge in [-0.1, -0.05) is 6.07 Å². The van der Waals surface area contributed by atoms with Crippen molar-refractivity contribution < 1.29 is 14.3 Å². The van der Waals surface area contributed by atoms with E-state index in [0.29, 0.717) is 31.9 Å². The molecular formula is C16H19N3O3. The molecule has 6 heteroatoms. The quantitative estimate of drug-likeness (QED) is 0.913. The lowest BCUT2D eigenvalue weighted by Gasteiger charge is -2.33. The van der Waals surface area contributed by atoms with Crippen LogP contribution in [0.2, 0.25) is 0 Å².